The number of H-pyrrole nitrogens is 1. The standard InChI is InChI=1S/C12H16BrN3O2S/c1-5-7-9(13)8-10(14-7)15-12(19(3,4)17)16-11(8)18-6-2/h3,5-6H2,1-2,4H3,(H,14,15,16). The minimum Gasteiger partial charge on any atom is -0.477 e. The molecule has 1 N–H and O–H groups in total. The summed E-state index contributed by atoms with van der Waals surface area (Å²) in [5, 5.41) is 0.992. The summed E-state index contributed by atoms with van der Waals surface area (Å²) in [5.74, 6) is 4.05. The minimum atomic E-state index is -2.48. The van der Waals surface area contributed by atoms with Crippen molar-refractivity contribution in [3.05, 3.63) is 10.2 Å². The van der Waals surface area contributed by atoms with Crippen LogP contribution in [0.1, 0.15) is 19.5 Å². The maximum Gasteiger partial charge on any atom is 0.228 e. The molecule has 19 heavy (non-hydrogen) atoms. The number of nitrogens with zero attached hydrogens (tertiary/aromatic N) is 2. The molecule has 2 heterocycles. The Labute approximate surface area is 120 Å². The molecule has 2 aromatic rings. The van der Waals surface area contributed by atoms with Gasteiger partial charge in [0.15, 0.2) is 0 Å². The van der Waals surface area contributed by atoms with E-state index in [9.17, 15) is 4.21 Å². The Kier molecular flexibility index (Phi) is 3.87. The second-order valence-electron chi connectivity index (χ2n) is 4.24. The molecule has 1 unspecified atom stereocenters. The van der Waals surface area contributed by atoms with Crippen LogP contribution in [0.5, 0.6) is 5.88 Å². The summed E-state index contributed by atoms with van der Waals surface area (Å²) >= 11 is 3.53. The van der Waals surface area contributed by atoms with E-state index in [2.05, 4.69) is 36.8 Å². The Hall–Kier alpha value is -1.08. The number of aromatic nitrogens is 3. The van der Waals surface area contributed by atoms with Crippen LogP contribution in [-0.2, 0) is 15.9 Å². The molecule has 0 aliphatic heterocycles. The number of aryl methyl sites for hydroxylation is 1. The Morgan fingerprint density at radius 1 is 1.42 bits per heavy atom. The highest BCUT2D eigenvalue weighted by Crippen LogP contribution is 2.34. The number of rotatable bonds is 4. The van der Waals surface area contributed by atoms with Gasteiger partial charge < -0.3 is 9.72 Å². The summed E-state index contributed by atoms with van der Waals surface area (Å²) in [6, 6.07) is 0. The van der Waals surface area contributed by atoms with Crippen molar-refractivity contribution in [2.45, 2.75) is 25.4 Å². The van der Waals surface area contributed by atoms with Crippen molar-refractivity contribution in [2.24, 2.45) is 0 Å². The second kappa shape index (κ2) is 5.13. The summed E-state index contributed by atoms with van der Waals surface area (Å²) in [6.45, 7) is 4.39. The Morgan fingerprint density at radius 3 is 2.63 bits per heavy atom. The first-order valence-electron chi connectivity index (χ1n) is 5.91. The van der Waals surface area contributed by atoms with Gasteiger partial charge in [-0.15, -0.1) is 0 Å². The smallest absolute Gasteiger partial charge is 0.228 e. The molecule has 0 amide bonds. The van der Waals surface area contributed by atoms with Crippen molar-refractivity contribution >= 4 is 42.4 Å². The van der Waals surface area contributed by atoms with E-state index >= 15 is 0 Å². The van der Waals surface area contributed by atoms with Crippen molar-refractivity contribution in [2.75, 3.05) is 12.9 Å². The maximum atomic E-state index is 12.0. The third kappa shape index (κ3) is 2.62. The molecule has 0 radical (unpaired) electrons. The number of ether oxygens (including phenoxy) is 1. The number of halogens is 1. The zero-order valence-electron chi connectivity index (χ0n) is 11.1. The largest absolute Gasteiger partial charge is 0.477 e. The van der Waals surface area contributed by atoms with Crippen LogP contribution in [0.25, 0.3) is 11.0 Å². The Balaban J connectivity index is 2.81. The van der Waals surface area contributed by atoms with Gasteiger partial charge in [0.1, 0.15) is 5.65 Å². The molecule has 0 aromatic carbocycles. The summed E-state index contributed by atoms with van der Waals surface area (Å²) in [5.41, 5.74) is 1.63. The lowest BCUT2D eigenvalue weighted by Gasteiger charge is -2.07. The third-order valence-corrected chi connectivity index (χ3v) is 4.46. The van der Waals surface area contributed by atoms with Gasteiger partial charge in [0.2, 0.25) is 11.0 Å². The highest BCUT2D eigenvalue weighted by Gasteiger charge is 2.18. The fourth-order valence-corrected chi connectivity index (χ4v) is 3.03. The highest BCUT2D eigenvalue weighted by atomic mass is 79.9. The van der Waals surface area contributed by atoms with Crippen molar-refractivity contribution in [3.8, 4) is 5.88 Å². The Morgan fingerprint density at radius 2 is 2.11 bits per heavy atom. The zero-order valence-corrected chi connectivity index (χ0v) is 13.5. The van der Waals surface area contributed by atoms with Gasteiger partial charge in [-0.2, -0.15) is 4.98 Å². The highest BCUT2D eigenvalue weighted by molar-refractivity contribution is 9.10. The molecule has 2 aromatic heterocycles. The van der Waals surface area contributed by atoms with Crippen molar-refractivity contribution in [3.63, 3.8) is 0 Å². The molecule has 7 heteroatoms. The summed E-state index contributed by atoms with van der Waals surface area (Å²) in [4.78, 5) is 11.7. The summed E-state index contributed by atoms with van der Waals surface area (Å²) in [6.07, 6.45) is 2.34. The lowest BCUT2D eigenvalue weighted by atomic mass is 10.3. The molecule has 5 nitrogen and oxygen atoms in total. The first-order chi connectivity index (χ1) is 8.88. The van der Waals surface area contributed by atoms with Crippen LogP contribution in [0, 0.1) is 0 Å². The molecule has 0 saturated heterocycles. The normalized spacial score (nSPS) is 14.5. The zero-order chi connectivity index (χ0) is 14.2. The third-order valence-electron chi connectivity index (χ3n) is 2.63. The molecule has 0 spiro atoms. The van der Waals surface area contributed by atoms with Crippen LogP contribution < -0.4 is 4.74 Å². The molecule has 2 rings (SSSR count). The van der Waals surface area contributed by atoms with E-state index in [4.69, 9.17) is 4.74 Å². The van der Waals surface area contributed by atoms with Crippen molar-refractivity contribution in [1.29, 1.82) is 0 Å². The van der Waals surface area contributed by atoms with Crippen LogP contribution in [-0.4, -0.2) is 37.9 Å². The molecule has 1 atom stereocenters. The monoisotopic (exact) mass is 345 g/mol. The topological polar surface area (TPSA) is 67.9 Å². The SMILES string of the molecule is C=S(C)(=O)c1nc(OCC)c2c(Br)c(CC)[nH]c2n1. The molecular weight excluding hydrogens is 330 g/mol. The quantitative estimate of drug-likeness (QED) is 0.682. The van der Waals surface area contributed by atoms with Gasteiger partial charge in [0, 0.05) is 21.5 Å². The van der Waals surface area contributed by atoms with Gasteiger partial charge in [-0.05, 0) is 35.1 Å². The molecule has 0 fully saturated rings. The van der Waals surface area contributed by atoms with Crippen LogP contribution in [0.2, 0.25) is 0 Å². The predicted octanol–water partition coefficient (Wildman–Crippen LogP) is 2.39. The summed E-state index contributed by atoms with van der Waals surface area (Å²) < 4.78 is 18.5. The average molecular weight is 346 g/mol. The van der Waals surface area contributed by atoms with Gasteiger partial charge in [-0.3, -0.25) is 4.21 Å². The molecule has 0 aliphatic rings. The molecule has 0 bridgehead atoms. The first kappa shape index (κ1) is 14.3. The van der Waals surface area contributed by atoms with Crippen LogP contribution >= 0.6 is 15.9 Å². The minimum absolute atomic E-state index is 0.208. The van der Waals surface area contributed by atoms with Crippen molar-refractivity contribution in [1.82, 2.24) is 15.0 Å². The maximum absolute atomic E-state index is 12.0. The number of hydrogen-bond donors (Lipinski definition) is 1. The lowest BCUT2D eigenvalue weighted by molar-refractivity contribution is 0.327. The lowest BCUT2D eigenvalue weighted by Crippen LogP contribution is -2.06. The van der Waals surface area contributed by atoms with E-state index < -0.39 is 9.52 Å². The van der Waals surface area contributed by atoms with E-state index in [1.165, 1.54) is 6.26 Å². The molecule has 0 aliphatic carbocycles. The number of aromatic amines is 1. The van der Waals surface area contributed by atoms with E-state index in [-0.39, 0.29) is 5.16 Å². The van der Waals surface area contributed by atoms with E-state index in [1.807, 2.05) is 13.8 Å². The van der Waals surface area contributed by atoms with E-state index in [1.54, 1.807) is 0 Å². The van der Waals surface area contributed by atoms with Gasteiger partial charge >= 0.3 is 0 Å². The van der Waals surface area contributed by atoms with Crippen molar-refractivity contribution < 1.29 is 8.95 Å². The van der Waals surface area contributed by atoms with Crippen LogP contribution in [0.4, 0.5) is 0 Å². The second-order valence-corrected chi connectivity index (χ2v) is 7.41. The van der Waals surface area contributed by atoms with Gasteiger partial charge in [-0.1, -0.05) is 6.92 Å². The first-order valence-corrected chi connectivity index (χ1v) is 8.84. The van der Waals surface area contributed by atoms with Gasteiger partial charge in [0.05, 0.1) is 16.5 Å². The molecular formula is C12H16BrN3O2S. The number of nitrogens with one attached hydrogen (secondary N) is 1. The fraction of sp³-hybridized carbons (Fsp3) is 0.417. The van der Waals surface area contributed by atoms with E-state index in [0.717, 1.165) is 22.0 Å². The molecule has 0 saturated carbocycles. The number of fused-ring (bicyclic) bond motifs is 1. The van der Waals surface area contributed by atoms with E-state index in [0.29, 0.717) is 18.1 Å². The van der Waals surface area contributed by atoms with Gasteiger partial charge in [-0.25, -0.2) is 4.98 Å². The fourth-order valence-electron chi connectivity index (χ4n) is 1.74. The molecule has 104 valence electrons. The van der Waals surface area contributed by atoms with Crippen LogP contribution in [0.15, 0.2) is 9.63 Å². The van der Waals surface area contributed by atoms with Crippen LogP contribution in [0.3, 0.4) is 0 Å². The summed E-state index contributed by atoms with van der Waals surface area (Å²) in [7, 11) is -2.48. The number of hydrogen-bond acceptors (Lipinski definition) is 4. The van der Waals surface area contributed by atoms with Gasteiger partial charge in [0.25, 0.3) is 0 Å². The Bertz CT molecular complexity index is 722. The average Bonchev–Trinajstić information content (AvgIpc) is 2.65. The predicted molar refractivity (Wildman–Crippen MR) is 81.6 cm³/mol.